The van der Waals surface area contributed by atoms with Crippen molar-refractivity contribution in [2.24, 2.45) is 5.92 Å². The van der Waals surface area contributed by atoms with Gasteiger partial charge in [0.15, 0.2) is 0 Å². The van der Waals surface area contributed by atoms with Crippen LogP contribution in [0.2, 0.25) is 0 Å². The highest BCUT2D eigenvalue weighted by Gasteiger charge is 2.31. The van der Waals surface area contributed by atoms with E-state index in [1.165, 1.54) is 11.3 Å². The first-order valence-electron chi connectivity index (χ1n) is 7.78. The van der Waals surface area contributed by atoms with Crippen molar-refractivity contribution in [3.63, 3.8) is 0 Å². The van der Waals surface area contributed by atoms with E-state index in [4.69, 9.17) is 9.47 Å². The summed E-state index contributed by atoms with van der Waals surface area (Å²) in [4.78, 5) is 15.8. The van der Waals surface area contributed by atoms with E-state index in [0.717, 1.165) is 29.5 Å². The highest BCUT2D eigenvalue weighted by Crippen LogP contribution is 2.37. The number of aryl methyl sites for hydroxylation is 1. The Balaban J connectivity index is 1.93. The number of carbonyl (C=O) groups is 1. The second kappa shape index (κ2) is 5.34. The van der Waals surface area contributed by atoms with Crippen LogP contribution in [-0.4, -0.2) is 23.7 Å². The van der Waals surface area contributed by atoms with E-state index >= 15 is 0 Å². The van der Waals surface area contributed by atoms with Gasteiger partial charge in [0.1, 0.15) is 11.4 Å². The number of rotatable bonds is 2. The molecule has 1 N–H and O–H groups in total. The molecule has 0 saturated carbocycles. The summed E-state index contributed by atoms with van der Waals surface area (Å²) >= 11 is 0. The number of benzene rings is 1. The molecule has 2 aromatic rings. The quantitative estimate of drug-likeness (QED) is 0.862. The third-order valence-corrected chi connectivity index (χ3v) is 4.13. The minimum absolute atomic E-state index is 0.0735. The lowest BCUT2D eigenvalue weighted by Crippen LogP contribution is -2.31. The number of hydrogen-bond donors (Lipinski definition) is 1. The fraction of sp³-hybridized carbons (Fsp3) is 0.500. The number of aromatic nitrogens is 1. The van der Waals surface area contributed by atoms with Gasteiger partial charge in [-0.05, 0) is 57.7 Å². The topological polar surface area (TPSA) is 51.3 Å². The largest absolute Gasteiger partial charge is 0.496 e. The Labute approximate surface area is 130 Å². The van der Waals surface area contributed by atoms with Crippen LogP contribution < -0.4 is 4.74 Å². The number of esters is 1. The maximum atomic E-state index is 12.4. The van der Waals surface area contributed by atoms with Crippen molar-refractivity contribution in [2.75, 3.05) is 7.11 Å². The van der Waals surface area contributed by atoms with Crippen LogP contribution in [0.4, 0.5) is 0 Å². The predicted molar refractivity (Wildman–Crippen MR) is 86.2 cm³/mol. The highest BCUT2D eigenvalue weighted by atomic mass is 16.6. The average molecular weight is 301 g/mol. The molecule has 0 aliphatic heterocycles. The summed E-state index contributed by atoms with van der Waals surface area (Å²) in [7, 11) is 1.68. The molecule has 0 spiro atoms. The molecular weight excluding hydrogens is 278 g/mol. The molecule has 4 heteroatoms. The Morgan fingerprint density at radius 3 is 2.77 bits per heavy atom. The van der Waals surface area contributed by atoms with Gasteiger partial charge in [0.05, 0.1) is 13.0 Å². The molecule has 0 radical (unpaired) electrons. The maximum Gasteiger partial charge on any atom is 0.309 e. The van der Waals surface area contributed by atoms with Gasteiger partial charge >= 0.3 is 5.97 Å². The minimum atomic E-state index is -0.435. The lowest BCUT2D eigenvalue weighted by atomic mass is 9.86. The summed E-state index contributed by atoms with van der Waals surface area (Å²) in [5, 5.41) is 1.10. The highest BCUT2D eigenvalue weighted by molar-refractivity contribution is 5.91. The van der Waals surface area contributed by atoms with Crippen molar-refractivity contribution in [2.45, 2.75) is 45.6 Å². The molecule has 1 aromatic heterocycles. The molecule has 1 atom stereocenters. The summed E-state index contributed by atoms with van der Waals surface area (Å²) in [6, 6.07) is 6.00. The lowest BCUT2D eigenvalue weighted by Gasteiger charge is -2.26. The molecule has 1 heterocycles. The average Bonchev–Trinajstić information content (AvgIpc) is 2.82. The van der Waals surface area contributed by atoms with Crippen molar-refractivity contribution >= 4 is 16.9 Å². The summed E-state index contributed by atoms with van der Waals surface area (Å²) in [6.07, 6.45) is 2.42. The van der Waals surface area contributed by atoms with Crippen molar-refractivity contribution < 1.29 is 14.3 Å². The van der Waals surface area contributed by atoms with Gasteiger partial charge in [-0.3, -0.25) is 4.79 Å². The standard InChI is InChI=1S/C18H23NO3/c1-18(2,3)22-17(20)11-8-9-13-12(10-11)16-14(19-13)6-5-7-15(16)21-4/h5-7,11,19H,8-10H2,1-4H3. The SMILES string of the molecule is COc1cccc2[nH]c3c(c12)CC(C(=O)OC(C)(C)C)CC3. The van der Waals surface area contributed by atoms with Gasteiger partial charge in [-0.15, -0.1) is 0 Å². The van der Waals surface area contributed by atoms with Crippen LogP contribution in [0.3, 0.4) is 0 Å². The second-order valence-corrected chi connectivity index (χ2v) is 6.94. The number of aromatic amines is 1. The molecule has 0 saturated heterocycles. The molecule has 1 aromatic carbocycles. The van der Waals surface area contributed by atoms with E-state index in [1.807, 2.05) is 32.9 Å². The fourth-order valence-corrected chi connectivity index (χ4v) is 3.20. The summed E-state index contributed by atoms with van der Waals surface area (Å²) in [5.41, 5.74) is 3.07. The monoisotopic (exact) mass is 301 g/mol. The molecular formula is C18H23NO3. The van der Waals surface area contributed by atoms with Crippen molar-refractivity contribution in [1.29, 1.82) is 0 Å². The van der Waals surface area contributed by atoms with Gasteiger partial charge in [-0.25, -0.2) is 0 Å². The summed E-state index contributed by atoms with van der Waals surface area (Å²) < 4.78 is 11.0. The molecule has 0 fully saturated rings. The summed E-state index contributed by atoms with van der Waals surface area (Å²) in [5.74, 6) is 0.692. The van der Waals surface area contributed by atoms with Crippen molar-refractivity contribution in [1.82, 2.24) is 4.98 Å². The van der Waals surface area contributed by atoms with Gasteiger partial charge in [0.25, 0.3) is 0 Å². The second-order valence-electron chi connectivity index (χ2n) is 6.94. The van der Waals surface area contributed by atoms with Crippen molar-refractivity contribution in [3.8, 4) is 5.75 Å². The first-order chi connectivity index (χ1) is 10.4. The molecule has 1 aliphatic rings. The molecule has 1 unspecified atom stereocenters. The zero-order chi connectivity index (χ0) is 15.9. The van der Waals surface area contributed by atoms with Gasteiger partial charge in [-0.2, -0.15) is 0 Å². The maximum absolute atomic E-state index is 12.4. The molecule has 22 heavy (non-hydrogen) atoms. The minimum Gasteiger partial charge on any atom is -0.496 e. The van der Waals surface area contributed by atoms with Gasteiger partial charge in [0, 0.05) is 16.6 Å². The van der Waals surface area contributed by atoms with Crippen molar-refractivity contribution in [3.05, 3.63) is 29.5 Å². The van der Waals surface area contributed by atoms with Crippen LogP contribution in [-0.2, 0) is 22.4 Å². The van der Waals surface area contributed by atoms with Gasteiger partial charge < -0.3 is 14.5 Å². The van der Waals surface area contributed by atoms with Crippen LogP contribution in [0.25, 0.3) is 10.9 Å². The van der Waals surface area contributed by atoms with E-state index in [9.17, 15) is 4.79 Å². The number of fused-ring (bicyclic) bond motifs is 3. The number of H-pyrrole nitrogens is 1. The normalized spacial score (nSPS) is 18.1. The van der Waals surface area contributed by atoms with Crippen LogP contribution in [0, 0.1) is 5.92 Å². The summed E-state index contributed by atoms with van der Waals surface area (Å²) in [6.45, 7) is 5.73. The Bertz CT molecular complexity index is 709. The zero-order valence-electron chi connectivity index (χ0n) is 13.7. The molecule has 118 valence electrons. The molecule has 4 nitrogen and oxygen atoms in total. The van der Waals surface area contributed by atoms with E-state index in [-0.39, 0.29) is 11.9 Å². The lowest BCUT2D eigenvalue weighted by molar-refractivity contribution is -0.160. The van der Waals surface area contributed by atoms with E-state index < -0.39 is 5.60 Å². The van der Waals surface area contributed by atoms with Crippen LogP contribution in [0.15, 0.2) is 18.2 Å². The Morgan fingerprint density at radius 2 is 2.09 bits per heavy atom. The molecule has 0 bridgehead atoms. The number of hydrogen-bond acceptors (Lipinski definition) is 3. The Hall–Kier alpha value is -1.97. The first-order valence-corrected chi connectivity index (χ1v) is 7.78. The van der Waals surface area contributed by atoms with E-state index in [2.05, 4.69) is 11.1 Å². The van der Waals surface area contributed by atoms with Crippen LogP contribution >= 0.6 is 0 Å². The molecule has 3 rings (SSSR count). The van der Waals surface area contributed by atoms with E-state index in [1.54, 1.807) is 7.11 Å². The van der Waals surface area contributed by atoms with Gasteiger partial charge in [0.2, 0.25) is 0 Å². The third kappa shape index (κ3) is 2.70. The third-order valence-electron chi connectivity index (χ3n) is 4.13. The van der Waals surface area contributed by atoms with Gasteiger partial charge in [-0.1, -0.05) is 6.07 Å². The molecule has 0 amide bonds. The van der Waals surface area contributed by atoms with Crippen LogP contribution in [0.1, 0.15) is 38.4 Å². The number of methoxy groups -OCH3 is 1. The zero-order valence-corrected chi connectivity index (χ0v) is 13.7. The predicted octanol–water partition coefficient (Wildman–Crippen LogP) is 3.62. The molecule has 1 aliphatic carbocycles. The van der Waals surface area contributed by atoms with E-state index in [0.29, 0.717) is 6.42 Å². The number of carbonyl (C=O) groups excluding carboxylic acids is 1. The first kappa shape index (κ1) is 14.9. The Morgan fingerprint density at radius 1 is 1.32 bits per heavy atom. The smallest absolute Gasteiger partial charge is 0.309 e. The Kier molecular flexibility index (Phi) is 3.63. The number of ether oxygens (including phenoxy) is 2. The fourth-order valence-electron chi connectivity index (χ4n) is 3.20. The van der Waals surface area contributed by atoms with Crippen LogP contribution in [0.5, 0.6) is 5.75 Å². The number of nitrogens with one attached hydrogen (secondary N) is 1.